The van der Waals surface area contributed by atoms with Crippen LogP contribution in [0.25, 0.3) is 65.7 Å². The minimum Gasteiger partial charge on any atom is -0.455 e. The third-order valence-electron chi connectivity index (χ3n) is 10.6. The monoisotopic (exact) mass is 627 g/mol. The Bertz CT molecular complexity index is 2740. The van der Waals surface area contributed by atoms with Crippen molar-refractivity contribution < 1.29 is 4.42 Å². The van der Waals surface area contributed by atoms with Crippen molar-refractivity contribution in [2.75, 3.05) is 4.90 Å². The van der Waals surface area contributed by atoms with E-state index in [9.17, 15) is 0 Å². The Morgan fingerprint density at radius 3 is 1.96 bits per heavy atom. The quantitative estimate of drug-likeness (QED) is 0.193. The Kier molecular flexibility index (Phi) is 5.95. The molecule has 0 aliphatic heterocycles. The number of fused-ring (bicyclic) bond motifs is 9. The van der Waals surface area contributed by atoms with E-state index >= 15 is 0 Å². The van der Waals surface area contributed by atoms with Crippen LogP contribution in [0.15, 0.2) is 168 Å². The number of furan rings is 1. The van der Waals surface area contributed by atoms with Gasteiger partial charge in [0.05, 0.1) is 11.4 Å². The second-order valence-electron chi connectivity index (χ2n) is 13.7. The van der Waals surface area contributed by atoms with Crippen LogP contribution in [0.2, 0.25) is 0 Å². The fourth-order valence-electron chi connectivity index (χ4n) is 8.40. The van der Waals surface area contributed by atoms with Crippen LogP contribution in [-0.2, 0) is 5.41 Å². The molecule has 0 amide bonds. The maximum absolute atomic E-state index is 6.53. The Balaban J connectivity index is 1.18. The molecule has 9 aromatic rings. The fraction of sp³-hybridized carbons (Fsp3) is 0.0638. The van der Waals surface area contributed by atoms with Gasteiger partial charge in [-0.15, -0.1) is 0 Å². The van der Waals surface area contributed by atoms with Gasteiger partial charge in [-0.3, -0.25) is 0 Å². The lowest BCUT2D eigenvalue weighted by atomic mass is 9.81. The summed E-state index contributed by atoms with van der Waals surface area (Å²) in [6, 6.07) is 59.4. The van der Waals surface area contributed by atoms with Gasteiger partial charge < -0.3 is 9.32 Å². The molecule has 1 aromatic heterocycles. The van der Waals surface area contributed by atoms with E-state index < -0.39 is 0 Å². The van der Waals surface area contributed by atoms with Gasteiger partial charge in [0.2, 0.25) is 0 Å². The molecule has 0 saturated carbocycles. The molecule has 10 rings (SSSR count). The second-order valence-corrected chi connectivity index (χ2v) is 13.7. The van der Waals surface area contributed by atoms with E-state index in [1.165, 1.54) is 55.4 Å². The predicted octanol–water partition coefficient (Wildman–Crippen LogP) is 13.3. The number of hydrogen-bond donors (Lipinski definition) is 0. The van der Waals surface area contributed by atoms with Crippen molar-refractivity contribution >= 4 is 60.5 Å². The van der Waals surface area contributed by atoms with Crippen LogP contribution in [0, 0.1) is 0 Å². The van der Waals surface area contributed by atoms with Gasteiger partial charge in [0.1, 0.15) is 11.2 Å². The molecule has 2 heteroatoms. The number of nitrogens with zero attached hydrogens (tertiary/aromatic N) is 1. The van der Waals surface area contributed by atoms with Crippen LogP contribution < -0.4 is 4.90 Å². The molecule has 1 heterocycles. The van der Waals surface area contributed by atoms with Crippen molar-refractivity contribution in [2.45, 2.75) is 19.3 Å². The molecular weight excluding hydrogens is 595 g/mol. The SMILES string of the molecule is CC1(C)c2ccccc2-c2cccc(N(c3ccc(-c4cccc5oc6c7ccccc7ccc6c45)cc3)c3cccc4ccccc34)c21. The Hall–Kier alpha value is -6.12. The van der Waals surface area contributed by atoms with Gasteiger partial charge in [0.25, 0.3) is 0 Å². The number of hydrogen-bond acceptors (Lipinski definition) is 2. The van der Waals surface area contributed by atoms with Crippen LogP contribution in [0.1, 0.15) is 25.0 Å². The van der Waals surface area contributed by atoms with Gasteiger partial charge in [0, 0.05) is 32.6 Å². The van der Waals surface area contributed by atoms with E-state index in [1.807, 2.05) is 0 Å². The topological polar surface area (TPSA) is 16.4 Å². The van der Waals surface area contributed by atoms with Crippen molar-refractivity contribution in [2.24, 2.45) is 0 Å². The summed E-state index contributed by atoms with van der Waals surface area (Å²) >= 11 is 0. The van der Waals surface area contributed by atoms with Crippen molar-refractivity contribution in [1.29, 1.82) is 0 Å². The zero-order valence-electron chi connectivity index (χ0n) is 27.4. The molecule has 0 saturated heterocycles. The minimum absolute atomic E-state index is 0.159. The zero-order chi connectivity index (χ0) is 32.7. The summed E-state index contributed by atoms with van der Waals surface area (Å²) in [7, 11) is 0. The summed E-state index contributed by atoms with van der Waals surface area (Å²) < 4.78 is 6.53. The predicted molar refractivity (Wildman–Crippen MR) is 206 cm³/mol. The lowest BCUT2D eigenvalue weighted by molar-refractivity contribution is 0.661. The number of benzene rings is 8. The van der Waals surface area contributed by atoms with Crippen LogP contribution in [0.3, 0.4) is 0 Å². The van der Waals surface area contributed by atoms with E-state index in [1.54, 1.807) is 0 Å². The molecule has 232 valence electrons. The highest BCUT2D eigenvalue weighted by molar-refractivity contribution is 6.19. The van der Waals surface area contributed by atoms with E-state index in [0.717, 1.165) is 38.6 Å². The number of rotatable bonds is 4. The minimum atomic E-state index is -0.159. The first kappa shape index (κ1) is 27.9. The maximum Gasteiger partial charge on any atom is 0.143 e. The van der Waals surface area contributed by atoms with Gasteiger partial charge >= 0.3 is 0 Å². The van der Waals surface area contributed by atoms with Gasteiger partial charge in [0.15, 0.2) is 0 Å². The first-order chi connectivity index (χ1) is 24.1. The van der Waals surface area contributed by atoms with Gasteiger partial charge in [-0.2, -0.15) is 0 Å². The van der Waals surface area contributed by atoms with Gasteiger partial charge in [-0.05, 0) is 80.6 Å². The second kappa shape index (κ2) is 10.4. The Morgan fingerprint density at radius 1 is 0.469 bits per heavy atom. The van der Waals surface area contributed by atoms with E-state index in [-0.39, 0.29) is 5.41 Å². The van der Waals surface area contributed by atoms with E-state index in [0.29, 0.717) is 0 Å². The average Bonchev–Trinajstić information content (AvgIpc) is 3.65. The summed E-state index contributed by atoms with van der Waals surface area (Å²) in [5, 5.41) is 7.08. The molecular formula is C47H33NO. The lowest BCUT2D eigenvalue weighted by Gasteiger charge is -2.33. The number of anilines is 3. The summed E-state index contributed by atoms with van der Waals surface area (Å²) in [4.78, 5) is 2.47. The van der Waals surface area contributed by atoms with Crippen molar-refractivity contribution in [1.82, 2.24) is 0 Å². The van der Waals surface area contributed by atoms with Crippen LogP contribution in [0.5, 0.6) is 0 Å². The van der Waals surface area contributed by atoms with Crippen LogP contribution in [-0.4, -0.2) is 0 Å². The smallest absolute Gasteiger partial charge is 0.143 e. The fourth-order valence-corrected chi connectivity index (χ4v) is 8.40. The molecule has 0 bridgehead atoms. The average molecular weight is 628 g/mol. The summed E-state index contributed by atoms with van der Waals surface area (Å²) in [5.74, 6) is 0. The molecule has 1 aliphatic rings. The lowest BCUT2D eigenvalue weighted by Crippen LogP contribution is -2.20. The van der Waals surface area contributed by atoms with Crippen molar-refractivity contribution in [3.63, 3.8) is 0 Å². The largest absolute Gasteiger partial charge is 0.455 e. The van der Waals surface area contributed by atoms with Gasteiger partial charge in [-0.1, -0.05) is 141 Å². The molecule has 2 nitrogen and oxygen atoms in total. The normalized spacial score (nSPS) is 13.3. The third kappa shape index (κ3) is 4.07. The van der Waals surface area contributed by atoms with E-state index in [2.05, 4.69) is 183 Å². The standard InChI is InChI=1S/C47H33NO/c1-47(2)40-20-8-7-17-37(40)38-19-10-22-42(45(38)47)48(41-21-9-14-30-12-3-5-15-34(30)41)33-27-24-32(25-28-33)35-18-11-23-43-44(35)39-29-26-31-13-4-6-16-36(31)46(39)49-43/h3-29H,1-2H3. The van der Waals surface area contributed by atoms with Crippen molar-refractivity contribution in [3.05, 3.63) is 175 Å². The van der Waals surface area contributed by atoms with Crippen LogP contribution in [0.4, 0.5) is 17.1 Å². The zero-order valence-corrected chi connectivity index (χ0v) is 27.4. The molecule has 1 aliphatic carbocycles. The molecule has 49 heavy (non-hydrogen) atoms. The molecule has 0 spiro atoms. The maximum atomic E-state index is 6.53. The Labute approximate surface area is 285 Å². The molecule has 0 fully saturated rings. The van der Waals surface area contributed by atoms with Crippen LogP contribution >= 0.6 is 0 Å². The molecule has 0 unspecified atom stereocenters. The summed E-state index contributed by atoms with van der Waals surface area (Å²) in [6.07, 6.45) is 0. The first-order valence-corrected chi connectivity index (χ1v) is 17.0. The third-order valence-corrected chi connectivity index (χ3v) is 10.6. The van der Waals surface area contributed by atoms with Gasteiger partial charge in [-0.25, -0.2) is 0 Å². The van der Waals surface area contributed by atoms with E-state index in [4.69, 9.17) is 4.42 Å². The summed E-state index contributed by atoms with van der Waals surface area (Å²) in [5.41, 5.74) is 12.9. The summed E-state index contributed by atoms with van der Waals surface area (Å²) in [6.45, 7) is 4.73. The first-order valence-electron chi connectivity index (χ1n) is 17.0. The highest BCUT2D eigenvalue weighted by Crippen LogP contribution is 2.54. The molecule has 8 aromatic carbocycles. The molecule has 0 radical (unpaired) electrons. The highest BCUT2D eigenvalue weighted by Gasteiger charge is 2.38. The molecule has 0 N–H and O–H groups in total. The highest BCUT2D eigenvalue weighted by atomic mass is 16.3. The van der Waals surface area contributed by atoms with Crippen molar-refractivity contribution in [3.8, 4) is 22.3 Å². The Morgan fingerprint density at radius 2 is 1.10 bits per heavy atom. The molecule has 0 atom stereocenters.